The summed E-state index contributed by atoms with van der Waals surface area (Å²) in [6.07, 6.45) is 6.51. The third-order valence-corrected chi connectivity index (χ3v) is 7.68. The van der Waals surface area contributed by atoms with Gasteiger partial charge in [0.25, 0.3) is 5.56 Å². The molecule has 0 bridgehead atoms. The Hall–Kier alpha value is -4.15. The quantitative estimate of drug-likeness (QED) is 0.247. The minimum atomic E-state index is -0.379. The van der Waals surface area contributed by atoms with Gasteiger partial charge in [-0.05, 0) is 43.9 Å². The Kier molecular flexibility index (Phi) is 8.14. The largest absolute Gasteiger partial charge is 0.496 e. The van der Waals surface area contributed by atoms with Gasteiger partial charge in [0.2, 0.25) is 5.91 Å². The lowest BCUT2D eigenvalue weighted by atomic mass is 10.0. The van der Waals surface area contributed by atoms with Crippen molar-refractivity contribution in [2.24, 2.45) is 5.92 Å². The molecule has 10 nitrogen and oxygen atoms in total. The average molecular weight is 578 g/mol. The van der Waals surface area contributed by atoms with E-state index in [9.17, 15) is 9.59 Å². The molecule has 41 heavy (non-hydrogen) atoms. The van der Waals surface area contributed by atoms with E-state index in [4.69, 9.17) is 30.8 Å². The number of hydrogen-bond donors (Lipinski definition) is 1. The first-order valence-electron chi connectivity index (χ1n) is 13.2. The second-order valence-corrected chi connectivity index (χ2v) is 10.3. The van der Waals surface area contributed by atoms with Gasteiger partial charge in [-0.15, -0.1) is 0 Å². The van der Waals surface area contributed by atoms with E-state index in [1.165, 1.54) is 6.08 Å². The first-order valence-corrected chi connectivity index (χ1v) is 13.6. The molecule has 214 valence electrons. The number of nitrogens with one attached hydrogen (secondary N) is 1. The number of amides is 1. The summed E-state index contributed by atoms with van der Waals surface area (Å²) in [5.74, 6) is 1.10. The number of anilines is 1. The fraction of sp³-hybridized carbons (Fsp3) is 0.333. The monoisotopic (exact) mass is 577 g/mol. The van der Waals surface area contributed by atoms with Crippen LogP contribution < -0.4 is 20.3 Å². The maximum Gasteiger partial charge on any atom is 0.259 e. The van der Waals surface area contributed by atoms with Crippen LogP contribution in [0.1, 0.15) is 18.4 Å². The molecule has 0 unspecified atom stereocenters. The highest BCUT2D eigenvalue weighted by Crippen LogP contribution is 2.44. The molecule has 11 heteroatoms. The number of benzene rings is 1. The third-order valence-electron chi connectivity index (χ3n) is 7.30. The standard InChI is InChI=1S/C30H32ClN5O5/c1-6-26(37)34-22-15-33-36(9-10-39-3)29(22)21-12-20-19(14-32-21)11-23(35(30(20)38)16-18-7-8-18)27-17(2)24(40-4)13-25(41-5)28(27)31/h6,11-15,18H,1,7-10,16H2,2-5H3,(H,34,37). The zero-order valence-corrected chi connectivity index (χ0v) is 24.2. The number of halogens is 1. The van der Waals surface area contributed by atoms with Gasteiger partial charge < -0.3 is 24.1 Å². The highest BCUT2D eigenvalue weighted by atomic mass is 35.5. The molecule has 1 N–H and O–H groups in total. The third kappa shape index (κ3) is 5.45. The van der Waals surface area contributed by atoms with Crippen molar-refractivity contribution in [2.75, 3.05) is 33.3 Å². The summed E-state index contributed by atoms with van der Waals surface area (Å²) >= 11 is 6.86. The van der Waals surface area contributed by atoms with Crippen LogP contribution in [0.2, 0.25) is 5.02 Å². The van der Waals surface area contributed by atoms with Crippen molar-refractivity contribution in [2.45, 2.75) is 32.9 Å². The number of ether oxygens (including phenoxy) is 3. The Bertz CT molecular complexity index is 1680. The topological polar surface area (TPSA) is 110 Å². The van der Waals surface area contributed by atoms with E-state index in [2.05, 4.69) is 17.0 Å². The SMILES string of the molecule is C=CC(=O)Nc1cnn(CCOC)c1-c1cc2c(=O)n(CC3CC3)c(-c3c(C)c(OC)cc(OC)c3Cl)cc2cn1. The highest BCUT2D eigenvalue weighted by molar-refractivity contribution is 6.35. The van der Waals surface area contributed by atoms with Crippen LogP contribution in [0.5, 0.6) is 11.5 Å². The zero-order valence-electron chi connectivity index (χ0n) is 23.5. The molecule has 0 radical (unpaired) electrons. The summed E-state index contributed by atoms with van der Waals surface area (Å²) in [4.78, 5) is 31.0. The molecule has 0 spiro atoms. The van der Waals surface area contributed by atoms with Gasteiger partial charge in [0.15, 0.2) is 0 Å². The van der Waals surface area contributed by atoms with Crippen LogP contribution in [0.25, 0.3) is 33.4 Å². The lowest BCUT2D eigenvalue weighted by Crippen LogP contribution is -2.23. The Morgan fingerprint density at radius 3 is 2.59 bits per heavy atom. The maximum atomic E-state index is 14.2. The van der Waals surface area contributed by atoms with Crippen molar-refractivity contribution < 1.29 is 19.0 Å². The fourth-order valence-electron chi connectivity index (χ4n) is 4.97. The molecular weight excluding hydrogens is 546 g/mol. The van der Waals surface area contributed by atoms with E-state index in [0.29, 0.717) is 81.2 Å². The molecular formula is C30H32ClN5O5. The number of aromatic nitrogens is 4. The lowest BCUT2D eigenvalue weighted by molar-refractivity contribution is -0.111. The number of rotatable bonds is 11. The molecule has 3 aromatic heterocycles. The van der Waals surface area contributed by atoms with E-state index in [1.807, 2.05) is 13.0 Å². The van der Waals surface area contributed by atoms with E-state index in [0.717, 1.165) is 18.4 Å². The first kappa shape index (κ1) is 28.4. The molecule has 0 atom stereocenters. The van der Waals surface area contributed by atoms with Crippen LogP contribution in [0, 0.1) is 12.8 Å². The van der Waals surface area contributed by atoms with Crippen molar-refractivity contribution in [1.29, 1.82) is 0 Å². The Balaban J connectivity index is 1.73. The zero-order chi connectivity index (χ0) is 29.3. The number of fused-ring (bicyclic) bond motifs is 1. The number of pyridine rings is 2. The van der Waals surface area contributed by atoms with E-state index >= 15 is 0 Å². The number of methoxy groups -OCH3 is 3. The molecule has 1 amide bonds. The summed E-state index contributed by atoms with van der Waals surface area (Å²) in [5.41, 5.74) is 3.50. The Morgan fingerprint density at radius 2 is 1.93 bits per heavy atom. The van der Waals surface area contributed by atoms with Gasteiger partial charge in [-0.25, -0.2) is 0 Å². The van der Waals surface area contributed by atoms with Gasteiger partial charge in [-0.2, -0.15) is 5.10 Å². The van der Waals surface area contributed by atoms with Crippen molar-refractivity contribution in [3.8, 4) is 34.1 Å². The molecule has 0 saturated heterocycles. The smallest absolute Gasteiger partial charge is 0.259 e. The van der Waals surface area contributed by atoms with Crippen LogP contribution in [0.4, 0.5) is 5.69 Å². The fourth-order valence-corrected chi connectivity index (χ4v) is 5.34. The summed E-state index contributed by atoms with van der Waals surface area (Å²) in [6, 6.07) is 5.43. The minimum absolute atomic E-state index is 0.162. The molecule has 0 aliphatic heterocycles. The molecule has 5 rings (SSSR count). The first-order chi connectivity index (χ1) is 19.8. The van der Waals surface area contributed by atoms with Crippen LogP contribution in [0.15, 0.2) is 48.0 Å². The van der Waals surface area contributed by atoms with E-state index in [-0.39, 0.29) is 11.5 Å². The second kappa shape index (κ2) is 11.8. The molecule has 3 heterocycles. The lowest BCUT2D eigenvalue weighted by Gasteiger charge is -2.20. The highest BCUT2D eigenvalue weighted by Gasteiger charge is 2.27. The molecule has 4 aromatic rings. The molecule has 1 saturated carbocycles. The van der Waals surface area contributed by atoms with Gasteiger partial charge in [0.1, 0.15) is 17.2 Å². The predicted molar refractivity (Wildman–Crippen MR) is 159 cm³/mol. The van der Waals surface area contributed by atoms with Crippen LogP contribution >= 0.6 is 11.6 Å². The van der Waals surface area contributed by atoms with Gasteiger partial charge >= 0.3 is 0 Å². The van der Waals surface area contributed by atoms with Crippen molar-refractivity contribution >= 4 is 34.0 Å². The summed E-state index contributed by atoms with van der Waals surface area (Å²) in [7, 11) is 4.74. The number of hydrogen-bond acceptors (Lipinski definition) is 7. The molecule has 1 aliphatic carbocycles. The van der Waals surface area contributed by atoms with Crippen molar-refractivity contribution in [3.63, 3.8) is 0 Å². The predicted octanol–water partition coefficient (Wildman–Crippen LogP) is 5.09. The Morgan fingerprint density at radius 1 is 1.17 bits per heavy atom. The minimum Gasteiger partial charge on any atom is -0.496 e. The van der Waals surface area contributed by atoms with Gasteiger partial charge in [-0.1, -0.05) is 18.2 Å². The molecule has 1 aliphatic rings. The molecule has 1 aromatic carbocycles. The van der Waals surface area contributed by atoms with Crippen LogP contribution in [-0.2, 0) is 22.6 Å². The second-order valence-electron chi connectivity index (χ2n) is 9.96. The average Bonchev–Trinajstić information content (AvgIpc) is 3.72. The number of carbonyl (C=O) groups excluding carboxylic acids is 1. The van der Waals surface area contributed by atoms with Gasteiger partial charge in [0, 0.05) is 42.4 Å². The van der Waals surface area contributed by atoms with Crippen LogP contribution in [0.3, 0.4) is 0 Å². The maximum absolute atomic E-state index is 14.2. The normalized spacial score (nSPS) is 12.9. The van der Waals surface area contributed by atoms with Gasteiger partial charge in [-0.3, -0.25) is 19.3 Å². The summed E-state index contributed by atoms with van der Waals surface area (Å²) < 4.78 is 19.9. The van der Waals surface area contributed by atoms with E-state index in [1.54, 1.807) is 55.1 Å². The summed E-state index contributed by atoms with van der Waals surface area (Å²) in [5, 5.41) is 8.75. The van der Waals surface area contributed by atoms with Crippen LogP contribution in [-0.4, -0.2) is 53.2 Å². The molecule has 1 fully saturated rings. The summed E-state index contributed by atoms with van der Waals surface area (Å²) in [6.45, 7) is 6.83. The van der Waals surface area contributed by atoms with E-state index < -0.39 is 0 Å². The number of nitrogens with zero attached hydrogens (tertiary/aromatic N) is 4. The van der Waals surface area contributed by atoms with Gasteiger partial charge in [0.05, 0.1) is 61.1 Å². The Labute approximate surface area is 242 Å². The van der Waals surface area contributed by atoms with Crippen molar-refractivity contribution in [3.05, 3.63) is 64.2 Å². The van der Waals surface area contributed by atoms with Crippen molar-refractivity contribution in [1.82, 2.24) is 19.3 Å². The number of carbonyl (C=O) groups is 1.